The SMILES string of the molecule is CCC1(Nc2ccc(C(N)=O)cc2[N+](=O)[O-])CCC1. The third-order valence-corrected chi connectivity index (χ3v) is 3.87. The van der Waals surface area contributed by atoms with Crippen LogP contribution in [-0.4, -0.2) is 16.4 Å². The fourth-order valence-corrected chi connectivity index (χ4v) is 2.40. The number of hydrogen-bond donors (Lipinski definition) is 2. The standard InChI is InChI=1S/C13H17N3O3/c1-2-13(6-3-7-13)15-10-5-4-9(12(14)17)8-11(10)16(18)19/h4-5,8,15H,2-3,6-7H2,1H3,(H2,14,17). The van der Waals surface area contributed by atoms with Gasteiger partial charge in [0.25, 0.3) is 5.69 Å². The molecule has 6 nitrogen and oxygen atoms in total. The fourth-order valence-electron chi connectivity index (χ4n) is 2.40. The molecule has 19 heavy (non-hydrogen) atoms. The van der Waals surface area contributed by atoms with Gasteiger partial charge in [-0.2, -0.15) is 0 Å². The van der Waals surface area contributed by atoms with Gasteiger partial charge in [0.1, 0.15) is 5.69 Å². The second kappa shape index (κ2) is 4.87. The van der Waals surface area contributed by atoms with Gasteiger partial charge in [-0.15, -0.1) is 0 Å². The van der Waals surface area contributed by atoms with E-state index in [9.17, 15) is 14.9 Å². The Labute approximate surface area is 111 Å². The number of amides is 1. The van der Waals surface area contributed by atoms with Crippen LogP contribution in [0.4, 0.5) is 11.4 Å². The zero-order valence-corrected chi connectivity index (χ0v) is 10.8. The number of nitro benzene ring substituents is 1. The molecule has 0 bridgehead atoms. The molecule has 0 aliphatic heterocycles. The van der Waals surface area contributed by atoms with E-state index in [4.69, 9.17) is 5.73 Å². The van der Waals surface area contributed by atoms with Crippen LogP contribution in [0.3, 0.4) is 0 Å². The maximum absolute atomic E-state index is 11.1. The summed E-state index contributed by atoms with van der Waals surface area (Å²) in [7, 11) is 0. The Balaban J connectivity index is 2.34. The maximum atomic E-state index is 11.1. The molecule has 1 aromatic rings. The van der Waals surface area contributed by atoms with Gasteiger partial charge in [-0.25, -0.2) is 0 Å². The van der Waals surface area contributed by atoms with Gasteiger partial charge in [0.2, 0.25) is 5.91 Å². The molecule has 0 saturated heterocycles. The van der Waals surface area contributed by atoms with Crippen molar-refractivity contribution in [2.45, 2.75) is 38.1 Å². The predicted octanol–water partition coefficient (Wildman–Crippen LogP) is 2.44. The molecule has 1 amide bonds. The Bertz CT molecular complexity index is 518. The van der Waals surface area contributed by atoms with Gasteiger partial charge in [0.15, 0.2) is 0 Å². The number of nitro groups is 1. The van der Waals surface area contributed by atoms with E-state index >= 15 is 0 Å². The normalized spacial score (nSPS) is 16.5. The summed E-state index contributed by atoms with van der Waals surface area (Å²) < 4.78 is 0. The Hall–Kier alpha value is -2.11. The van der Waals surface area contributed by atoms with E-state index in [2.05, 4.69) is 12.2 Å². The highest BCUT2D eigenvalue weighted by atomic mass is 16.6. The largest absolute Gasteiger partial charge is 0.374 e. The van der Waals surface area contributed by atoms with Gasteiger partial charge >= 0.3 is 0 Å². The van der Waals surface area contributed by atoms with E-state index < -0.39 is 10.8 Å². The molecule has 2 rings (SSSR count). The minimum Gasteiger partial charge on any atom is -0.374 e. The van der Waals surface area contributed by atoms with E-state index in [-0.39, 0.29) is 16.8 Å². The van der Waals surface area contributed by atoms with Crippen molar-refractivity contribution in [3.8, 4) is 0 Å². The number of carbonyl (C=O) groups is 1. The summed E-state index contributed by atoms with van der Waals surface area (Å²) in [6.07, 6.45) is 4.08. The van der Waals surface area contributed by atoms with Crippen LogP contribution in [0.15, 0.2) is 18.2 Å². The molecule has 102 valence electrons. The number of primary amides is 1. The molecule has 1 aliphatic rings. The highest BCUT2D eigenvalue weighted by molar-refractivity contribution is 5.94. The van der Waals surface area contributed by atoms with E-state index in [1.807, 2.05) is 0 Å². The molecule has 0 atom stereocenters. The smallest absolute Gasteiger partial charge is 0.293 e. The molecule has 3 N–H and O–H groups in total. The molecule has 1 aliphatic carbocycles. The number of nitrogens with two attached hydrogens (primary N) is 1. The van der Waals surface area contributed by atoms with Crippen molar-refractivity contribution in [2.24, 2.45) is 5.73 Å². The monoisotopic (exact) mass is 263 g/mol. The summed E-state index contributed by atoms with van der Waals surface area (Å²) in [4.78, 5) is 21.7. The molecule has 0 spiro atoms. The summed E-state index contributed by atoms with van der Waals surface area (Å²) in [6.45, 7) is 2.07. The highest BCUT2D eigenvalue weighted by Gasteiger charge is 2.36. The van der Waals surface area contributed by atoms with Gasteiger partial charge in [0.05, 0.1) is 4.92 Å². The number of benzene rings is 1. The van der Waals surface area contributed by atoms with Gasteiger partial charge in [-0.1, -0.05) is 6.92 Å². The van der Waals surface area contributed by atoms with Crippen LogP contribution in [-0.2, 0) is 0 Å². The molecule has 0 radical (unpaired) electrons. The van der Waals surface area contributed by atoms with Gasteiger partial charge in [-0.3, -0.25) is 14.9 Å². The van der Waals surface area contributed by atoms with Crippen LogP contribution in [0, 0.1) is 10.1 Å². The van der Waals surface area contributed by atoms with Gasteiger partial charge in [-0.05, 0) is 37.8 Å². The Kier molecular flexibility index (Phi) is 3.42. The molecule has 0 heterocycles. The first-order valence-electron chi connectivity index (χ1n) is 6.34. The molecule has 1 saturated carbocycles. The van der Waals surface area contributed by atoms with E-state index in [1.54, 1.807) is 6.07 Å². The lowest BCUT2D eigenvalue weighted by atomic mass is 9.74. The minimum atomic E-state index is -0.663. The fraction of sp³-hybridized carbons (Fsp3) is 0.462. The van der Waals surface area contributed by atoms with Crippen LogP contribution in [0.5, 0.6) is 0 Å². The van der Waals surface area contributed by atoms with Crippen molar-refractivity contribution in [3.05, 3.63) is 33.9 Å². The highest BCUT2D eigenvalue weighted by Crippen LogP contribution is 2.40. The van der Waals surface area contributed by atoms with Gasteiger partial charge < -0.3 is 11.1 Å². The van der Waals surface area contributed by atoms with Crippen molar-refractivity contribution >= 4 is 17.3 Å². The number of anilines is 1. The molecule has 0 aromatic heterocycles. The first kappa shape index (κ1) is 13.3. The third-order valence-electron chi connectivity index (χ3n) is 3.87. The van der Waals surface area contributed by atoms with Crippen molar-refractivity contribution in [1.82, 2.24) is 0 Å². The molecule has 1 aromatic carbocycles. The average molecular weight is 263 g/mol. The van der Waals surface area contributed by atoms with Crippen LogP contribution >= 0.6 is 0 Å². The van der Waals surface area contributed by atoms with Crippen LogP contribution < -0.4 is 11.1 Å². The van der Waals surface area contributed by atoms with Gasteiger partial charge in [0, 0.05) is 17.2 Å². The summed E-state index contributed by atoms with van der Waals surface area (Å²) >= 11 is 0. The van der Waals surface area contributed by atoms with E-state index in [0.29, 0.717) is 5.69 Å². The molecular weight excluding hydrogens is 246 g/mol. The summed E-state index contributed by atoms with van der Waals surface area (Å²) in [5.41, 5.74) is 5.60. The van der Waals surface area contributed by atoms with Crippen LogP contribution in [0.1, 0.15) is 43.0 Å². The topological polar surface area (TPSA) is 98.3 Å². The van der Waals surface area contributed by atoms with Crippen molar-refractivity contribution in [2.75, 3.05) is 5.32 Å². The summed E-state index contributed by atoms with van der Waals surface area (Å²) in [5.74, 6) is -0.663. The minimum absolute atomic E-state index is 0.0427. The van der Waals surface area contributed by atoms with Crippen LogP contribution in [0.2, 0.25) is 0 Å². The van der Waals surface area contributed by atoms with E-state index in [0.717, 1.165) is 25.7 Å². The Morgan fingerprint density at radius 3 is 2.63 bits per heavy atom. The lowest BCUT2D eigenvalue weighted by Crippen LogP contribution is -2.44. The molecule has 1 fully saturated rings. The lowest BCUT2D eigenvalue weighted by Gasteiger charge is -2.42. The first-order valence-corrected chi connectivity index (χ1v) is 6.34. The Morgan fingerprint density at radius 1 is 1.53 bits per heavy atom. The first-order chi connectivity index (χ1) is 8.97. The Morgan fingerprint density at radius 2 is 2.21 bits per heavy atom. The zero-order chi connectivity index (χ0) is 14.0. The lowest BCUT2D eigenvalue weighted by molar-refractivity contribution is -0.384. The quantitative estimate of drug-likeness (QED) is 0.629. The molecular formula is C13H17N3O3. The van der Waals surface area contributed by atoms with Crippen molar-refractivity contribution in [1.29, 1.82) is 0 Å². The number of rotatable bonds is 5. The second-order valence-electron chi connectivity index (χ2n) is 4.97. The van der Waals surface area contributed by atoms with Crippen molar-refractivity contribution in [3.63, 3.8) is 0 Å². The number of nitrogens with zero attached hydrogens (tertiary/aromatic N) is 1. The van der Waals surface area contributed by atoms with Crippen molar-refractivity contribution < 1.29 is 9.72 Å². The number of hydrogen-bond acceptors (Lipinski definition) is 4. The average Bonchev–Trinajstić information content (AvgIpc) is 2.33. The molecule has 0 unspecified atom stereocenters. The molecule has 6 heteroatoms. The second-order valence-corrected chi connectivity index (χ2v) is 4.97. The van der Waals surface area contributed by atoms with E-state index in [1.165, 1.54) is 12.1 Å². The summed E-state index contributed by atoms with van der Waals surface area (Å²) in [5, 5.41) is 14.4. The number of carbonyl (C=O) groups excluding carboxylic acids is 1. The summed E-state index contributed by atoms with van der Waals surface area (Å²) in [6, 6.07) is 4.31. The number of nitrogens with one attached hydrogen (secondary N) is 1. The third kappa shape index (κ3) is 2.52. The maximum Gasteiger partial charge on any atom is 0.293 e. The predicted molar refractivity (Wildman–Crippen MR) is 72.1 cm³/mol. The zero-order valence-electron chi connectivity index (χ0n) is 10.8. The van der Waals surface area contributed by atoms with Crippen LogP contribution in [0.25, 0.3) is 0 Å².